The zero-order chi connectivity index (χ0) is 15.1. The summed E-state index contributed by atoms with van der Waals surface area (Å²) in [6, 6.07) is 5.63. The molecule has 2 N–H and O–H groups in total. The number of aliphatic carboxylic acids is 1. The summed E-state index contributed by atoms with van der Waals surface area (Å²) in [6.07, 6.45) is 2.56. The van der Waals surface area contributed by atoms with E-state index in [1.54, 1.807) is 12.2 Å². The molecule has 3 rings (SSSR count). The molecule has 110 valence electrons. The van der Waals surface area contributed by atoms with Gasteiger partial charge in [0.1, 0.15) is 5.92 Å². The number of carbonyl (C=O) groups is 2. The lowest BCUT2D eigenvalue weighted by molar-refractivity contribution is -0.145. The maximum atomic E-state index is 12.4. The molecule has 1 aromatic carbocycles. The van der Waals surface area contributed by atoms with E-state index in [1.807, 2.05) is 32.0 Å². The zero-order valence-electron chi connectivity index (χ0n) is 11.9. The van der Waals surface area contributed by atoms with Crippen molar-refractivity contribution in [2.45, 2.75) is 26.1 Å². The first-order chi connectivity index (χ1) is 9.97. The SMILES string of the molecule is Cc1ccc(NC(=O)[C@@H]2[C@@H](C(=O)O)[C@H]3C=C[C@H]2O3)cc1C. The van der Waals surface area contributed by atoms with E-state index in [1.165, 1.54) is 0 Å². The highest BCUT2D eigenvalue weighted by molar-refractivity contribution is 5.96. The molecule has 2 heterocycles. The first kappa shape index (κ1) is 13.8. The van der Waals surface area contributed by atoms with E-state index >= 15 is 0 Å². The smallest absolute Gasteiger partial charge is 0.310 e. The first-order valence-electron chi connectivity index (χ1n) is 6.92. The quantitative estimate of drug-likeness (QED) is 0.833. The number of carboxylic acids is 1. The third-order valence-electron chi connectivity index (χ3n) is 4.26. The van der Waals surface area contributed by atoms with Crippen LogP contribution in [0.3, 0.4) is 0 Å². The molecule has 0 aliphatic carbocycles. The van der Waals surface area contributed by atoms with Gasteiger partial charge in [0.2, 0.25) is 5.91 Å². The molecule has 0 spiro atoms. The fraction of sp³-hybridized carbons (Fsp3) is 0.375. The number of hydrogen-bond acceptors (Lipinski definition) is 3. The number of carboxylic acid groups (broad SMARTS) is 1. The van der Waals surface area contributed by atoms with Crippen LogP contribution in [0.1, 0.15) is 11.1 Å². The number of anilines is 1. The third kappa shape index (κ3) is 2.34. The second-order valence-electron chi connectivity index (χ2n) is 5.63. The van der Waals surface area contributed by atoms with Gasteiger partial charge in [-0.1, -0.05) is 18.2 Å². The molecule has 4 atom stereocenters. The van der Waals surface area contributed by atoms with Crippen molar-refractivity contribution in [3.63, 3.8) is 0 Å². The molecule has 2 bridgehead atoms. The number of rotatable bonds is 3. The van der Waals surface area contributed by atoms with Crippen LogP contribution < -0.4 is 5.32 Å². The number of carbonyl (C=O) groups excluding carboxylic acids is 1. The van der Waals surface area contributed by atoms with Gasteiger partial charge in [-0.25, -0.2) is 0 Å². The average Bonchev–Trinajstić information content (AvgIpc) is 3.03. The van der Waals surface area contributed by atoms with Gasteiger partial charge in [0.25, 0.3) is 0 Å². The Morgan fingerprint density at radius 3 is 2.38 bits per heavy atom. The molecule has 0 unspecified atom stereocenters. The van der Waals surface area contributed by atoms with E-state index < -0.39 is 30.0 Å². The summed E-state index contributed by atoms with van der Waals surface area (Å²) >= 11 is 0. The Kier molecular flexibility index (Phi) is 3.29. The number of ether oxygens (including phenoxy) is 1. The Labute approximate surface area is 122 Å². The van der Waals surface area contributed by atoms with Crippen molar-refractivity contribution < 1.29 is 19.4 Å². The maximum Gasteiger partial charge on any atom is 0.310 e. The normalized spacial score (nSPS) is 29.6. The monoisotopic (exact) mass is 287 g/mol. The van der Waals surface area contributed by atoms with Gasteiger partial charge in [0.05, 0.1) is 18.1 Å². The molecule has 5 nitrogen and oxygen atoms in total. The number of hydrogen-bond donors (Lipinski definition) is 2. The largest absolute Gasteiger partial charge is 0.481 e. The Balaban J connectivity index is 1.80. The topological polar surface area (TPSA) is 75.6 Å². The van der Waals surface area contributed by atoms with Crippen LogP contribution in [0.4, 0.5) is 5.69 Å². The van der Waals surface area contributed by atoms with Gasteiger partial charge < -0.3 is 15.2 Å². The van der Waals surface area contributed by atoms with Crippen LogP contribution >= 0.6 is 0 Å². The maximum absolute atomic E-state index is 12.4. The highest BCUT2D eigenvalue weighted by Crippen LogP contribution is 2.39. The minimum atomic E-state index is -0.993. The van der Waals surface area contributed by atoms with Crippen LogP contribution in [0.15, 0.2) is 30.4 Å². The second-order valence-corrected chi connectivity index (χ2v) is 5.63. The highest BCUT2D eigenvalue weighted by atomic mass is 16.5. The predicted molar refractivity (Wildman–Crippen MR) is 77.0 cm³/mol. The van der Waals surface area contributed by atoms with E-state index in [2.05, 4.69) is 5.32 Å². The average molecular weight is 287 g/mol. The van der Waals surface area contributed by atoms with E-state index in [0.717, 1.165) is 11.1 Å². The van der Waals surface area contributed by atoms with Crippen LogP contribution in [0.5, 0.6) is 0 Å². The predicted octanol–water partition coefficient (Wildman–Crippen LogP) is 1.90. The number of fused-ring (bicyclic) bond motifs is 2. The molecule has 1 fully saturated rings. The van der Waals surface area contributed by atoms with Crippen molar-refractivity contribution in [3.8, 4) is 0 Å². The fourth-order valence-corrected chi connectivity index (χ4v) is 2.96. The van der Waals surface area contributed by atoms with Gasteiger partial charge in [0, 0.05) is 5.69 Å². The molecule has 1 aromatic rings. The number of benzene rings is 1. The summed E-state index contributed by atoms with van der Waals surface area (Å²) in [4.78, 5) is 23.8. The molecule has 1 amide bonds. The summed E-state index contributed by atoms with van der Waals surface area (Å²) in [7, 11) is 0. The van der Waals surface area contributed by atoms with Gasteiger partial charge in [-0.3, -0.25) is 9.59 Å². The van der Waals surface area contributed by atoms with Crippen LogP contribution in [0, 0.1) is 25.7 Å². The summed E-state index contributed by atoms with van der Waals surface area (Å²) < 4.78 is 5.51. The molecular formula is C16H17NO4. The molecule has 2 aliphatic rings. The molecule has 2 aliphatic heterocycles. The minimum absolute atomic E-state index is 0.303. The summed E-state index contributed by atoms with van der Waals surface area (Å²) in [5.41, 5.74) is 2.90. The summed E-state index contributed by atoms with van der Waals surface area (Å²) in [6.45, 7) is 3.96. The lowest BCUT2D eigenvalue weighted by Crippen LogP contribution is -2.39. The summed E-state index contributed by atoms with van der Waals surface area (Å²) in [5.74, 6) is -2.79. The van der Waals surface area contributed by atoms with Crippen LogP contribution in [0.25, 0.3) is 0 Å². The molecular weight excluding hydrogens is 270 g/mol. The molecule has 0 radical (unpaired) electrons. The van der Waals surface area contributed by atoms with Crippen molar-refractivity contribution in [3.05, 3.63) is 41.5 Å². The van der Waals surface area contributed by atoms with Crippen molar-refractivity contribution >= 4 is 17.6 Å². The van der Waals surface area contributed by atoms with Gasteiger partial charge in [-0.2, -0.15) is 0 Å². The molecule has 0 saturated carbocycles. The zero-order valence-corrected chi connectivity index (χ0v) is 11.9. The van der Waals surface area contributed by atoms with E-state index in [0.29, 0.717) is 5.69 Å². The Morgan fingerprint density at radius 2 is 1.76 bits per heavy atom. The standard InChI is InChI=1S/C16H17NO4/c1-8-3-4-10(7-9(8)2)17-15(18)13-11-5-6-12(21-11)14(13)16(19)20/h3-7,11-14H,1-2H3,(H,17,18)(H,19,20)/t11-,12-,13+,14+/m1/s1. The molecule has 1 saturated heterocycles. The van der Waals surface area contributed by atoms with Crippen LogP contribution in [-0.4, -0.2) is 29.2 Å². The fourth-order valence-electron chi connectivity index (χ4n) is 2.96. The lowest BCUT2D eigenvalue weighted by Gasteiger charge is -2.21. The van der Waals surface area contributed by atoms with Gasteiger partial charge >= 0.3 is 5.97 Å². The van der Waals surface area contributed by atoms with E-state index in [-0.39, 0.29) is 5.91 Å². The number of nitrogens with one attached hydrogen (secondary N) is 1. The molecule has 21 heavy (non-hydrogen) atoms. The van der Waals surface area contributed by atoms with Crippen molar-refractivity contribution in [2.24, 2.45) is 11.8 Å². The van der Waals surface area contributed by atoms with E-state index in [4.69, 9.17) is 4.74 Å². The van der Waals surface area contributed by atoms with Crippen molar-refractivity contribution in [1.29, 1.82) is 0 Å². The number of aryl methyl sites for hydroxylation is 2. The Hall–Kier alpha value is -2.14. The van der Waals surface area contributed by atoms with Gasteiger partial charge in [0.15, 0.2) is 0 Å². The Bertz CT molecular complexity index is 637. The lowest BCUT2D eigenvalue weighted by atomic mass is 9.82. The molecule has 0 aromatic heterocycles. The third-order valence-corrected chi connectivity index (χ3v) is 4.26. The summed E-state index contributed by atoms with van der Waals surface area (Å²) in [5, 5.41) is 12.1. The minimum Gasteiger partial charge on any atom is -0.481 e. The molecule has 5 heteroatoms. The van der Waals surface area contributed by atoms with Crippen molar-refractivity contribution in [2.75, 3.05) is 5.32 Å². The van der Waals surface area contributed by atoms with Crippen LogP contribution in [0.2, 0.25) is 0 Å². The number of amides is 1. The van der Waals surface area contributed by atoms with Gasteiger partial charge in [-0.15, -0.1) is 0 Å². The first-order valence-corrected chi connectivity index (χ1v) is 6.92. The Morgan fingerprint density at radius 1 is 1.10 bits per heavy atom. The van der Waals surface area contributed by atoms with Gasteiger partial charge in [-0.05, 0) is 37.1 Å². The van der Waals surface area contributed by atoms with Crippen LogP contribution in [-0.2, 0) is 14.3 Å². The van der Waals surface area contributed by atoms with E-state index in [9.17, 15) is 14.7 Å². The highest BCUT2D eigenvalue weighted by Gasteiger charge is 2.53. The second kappa shape index (κ2) is 5.00. The van der Waals surface area contributed by atoms with Crippen molar-refractivity contribution in [1.82, 2.24) is 0 Å².